The Labute approximate surface area is 96.8 Å². The number of nitrogens with zero attached hydrogens (tertiary/aromatic N) is 2. The highest BCUT2D eigenvalue weighted by atomic mass is 32.1. The molecule has 1 aliphatic rings. The fraction of sp³-hybridized carbons (Fsp3) is 0.400. The lowest BCUT2D eigenvalue weighted by molar-refractivity contribution is 0.735. The average Bonchev–Trinajstić information content (AvgIpc) is 2.84. The smallest absolute Gasteiger partial charge is 0.195 e. The molecule has 0 saturated heterocycles. The van der Waals surface area contributed by atoms with Gasteiger partial charge in [-0.2, -0.15) is 5.10 Å². The Bertz CT molecular complexity index is 545. The van der Waals surface area contributed by atoms with Gasteiger partial charge in [0.25, 0.3) is 0 Å². The first-order valence-electron chi connectivity index (χ1n) is 4.98. The second-order valence-corrected chi connectivity index (χ2v) is 5.40. The predicted octanol–water partition coefficient (Wildman–Crippen LogP) is 3.31. The Hall–Kier alpha value is -0.940. The second kappa shape index (κ2) is 3.28. The van der Waals surface area contributed by atoms with E-state index in [0.29, 0.717) is 6.04 Å². The van der Waals surface area contributed by atoms with Crippen molar-refractivity contribution in [3.05, 3.63) is 21.1 Å². The maximum atomic E-state index is 5.24. The molecule has 0 aliphatic heterocycles. The van der Waals surface area contributed by atoms with E-state index in [0.717, 1.165) is 10.6 Å². The lowest BCUT2D eigenvalue weighted by Gasteiger charge is -2.01. The molecule has 2 heterocycles. The Morgan fingerprint density at radius 3 is 3.00 bits per heavy atom. The van der Waals surface area contributed by atoms with E-state index in [1.165, 1.54) is 23.3 Å². The van der Waals surface area contributed by atoms with Crippen molar-refractivity contribution in [3.63, 3.8) is 0 Å². The zero-order valence-corrected chi connectivity index (χ0v) is 9.99. The van der Waals surface area contributed by atoms with Crippen LogP contribution in [-0.4, -0.2) is 14.8 Å². The van der Waals surface area contributed by atoms with Gasteiger partial charge in [0.1, 0.15) is 0 Å². The standard InChI is InChI=1S/C10H11N3S2/c1-6-4-7(5-15-6)9-11-12-10(14)13(9)8-2-3-8/h4-5,8H,2-3H2,1H3,(H,12,14). The van der Waals surface area contributed by atoms with Crippen LogP contribution in [0.3, 0.4) is 0 Å². The van der Waals surface area contributed by atoms with Crippen LogP contribution in [0.15, 0.2) is 11.4 Å². The first kappa shape index (κ1) is 9.30. The molecule has 5 heteroatoms. The number of aryl methyl sites for hydroxylation is 1. The van der Waals surface area contributed by atoms with E-state index in [4.69, 9.17) is 12.2 Å². The molecule has 1 N–H and O–H groups in total. The summed E-state index contributed by atoms with van der Waals surface area (Å²) in [7, 11) is 0. The highest BCUT2D eigenvalue weighted by molar-refractivity contribution is 7.71. The van der Waals surface area contributed by atoms with Crippen LogP contribution < -0.4 is 0 Å². The summed E-state index contributed by atoms with van der Waals surface area (Å²) in [4.78, 5) is 1.31. The van der Waals surface area contributed by atoms with Gasteiger partial charge in [-0.05, 0) is 38.0 Å². The average molecular weight is 237 g/mol. The third-order valence-corrected chi connectivity index (χ3v) is 3.75. The van der Waals surface area contributed by atoms with E-state index in [1.54, 1.807) is 11.3 Å². The maximum Gasteiger partial charge on any atom is 0.195 e. The summed E-state index contributed by atoms with van der Waals surface area (Å²) < 4.78 is 2.90. The molecule has 1 aliphatic carbocycles. The fourth-order valence-corrected chi connectivity index (χ4v) is 2.70. The van der Waals surface area contributed by atoms with Gasteiger partial charge < -0.3 is 0 Å². The van der Waals surface area contributed by atoms with Crippen LogP contribution in [0.1, 0.15) is 23.8 Å². The molecular weight excluding hydrogens is 226 g/mol. The molecule has 0 unspecified atom stereocenters. The number of nitrogens with one attached hydrogen (secondary N) is 1. The first-order valence-corrected chi connectivity index (χ1v) is 6.27. The summed E-state index contributed by atoms with van der Waals surface area (Å²) in [5, 5.41) is 9.34. The summed E-state index contributed by atoms with van der Waals surface area (Å²) in [5.41, 5.74) is 1.18. The zero-order chi connectivity index (χ0) is 10.4. The zero-order valence-electron chi connectivity index (χ0n) is 8.36. The summed E-state index contributed by atoms with van der Waals surface area (Å²) in [6, 6.07) is 2.74. The van der Waals surface area contributed by atoms with Crippen molar-refractivity contribution in [2.45, 2.75) is 25.8 Å². The molecule has 15 heavy (non-hydrogen) atoms. The summed E-state index contributed by atoms with van der Waals surface area (Å²) in [5.74, 6) is 0.992. The molecule has 0 atom stereocenters. The molecule has 0 bridgehead atoms. The molecule has 3 nitrogen and oxygen atoms in total. The highest BCUT2D eigenvalue weighted by Crippen LogP contribution is 2.38. The molecule has 1 saturated carbocycles. The lowest BCUT2D eigenvalue weighted by Crippen LogP contribution is -1.96. The van der Waals surface area contributed by atoms with Crippen LogP contribution >= 0.6 is 23.6 Å². The second-order valence-electron chi connectivity index (χ2n) is 3.90. The predicted molar refractivity (Wildman–Crippen MR) is 63.7 cm³/mol. The van der Waals surface area contributed by atoms with Gasteiger partial charge in [0.15, 0.2) is 10.6 Å². The molecule has 0 spiro atoms. The molecule has 0 amide bonds. The minimum Gasteiger partial charge on any atom is -0.297 e. The molecule has 78 valence electrons. The maximum absolute atomic E-state index is 5.24. The third-order valence-electron chi connectivity index (χ3n) is 2.61. The normalized spacial score (nSPS) is 15.8. The Morgan fingerprint density at radius 1 is 1.60 bits per heavy atom. The van der Waals surface area contributed by atoms with Gasteiger partial charge in [-0.25, -0.2) is 0 Å². The van der Waals surface area contributed by atoms with E-state index < -0.39 is 0 Å². The van der Waals surface area contributed by atoms with Gasteiger partial charge in [-0.3, -0.25) is 9.67 Å². The highest BCUT2D eigenvalue weighted by Gasteiger charge is 2.27. The molecule has 0 radical (unpaired) electrons. The third kappa shape index (κ3) is 1.55. The number of aromatic nitrogens is 3. The van der Waals surface area contributed by atoms with Crippen molar-refractivity contribution in [2.24, 2.45) is 0 Å². The summed E-state index contributed by atoms with van der Waals surface area (Å²) in [6.45, 7) is 2.11. The van der Waals surface area contributed by atoms with Gasteiger partial charge in [-0.15, -0.1) is 11.3 Å². The molecule has 0 aromatic carbocycles. The number of aromatic amines is 1. The van der Waals surface area contributed by atoms with Crippen LogP contribution in [0.25, 0.3) is 11.4 Å². The minimum absolute atomic E-state index is 0.575. The Morgan fingerprint density at radius 2 is 2.40 bits per heavy atom. The van der Waals surface area contributed by atoms with Crippen molar-refractivity contribution in [3.8, 4) is 11.4 Å². The number of H-pyrrole nitrogens is 1. The van der Waals surface area contributed by atoms with Gasteiger partial charge in [0, 0.05) is 21.9 Å². The van der Waals surface area contributed by atoms with Crippen molar-refractivity contribution >= 4 is 23.6 Å². The molecule has 1 fully saturated rings. The Balaban J connectivity index is 2.15. The fourth-order valence-electron chi connectivity index (χ4n) is 1.74. The van der Waals surface area contributed by atoms with Crippen LogP contribution in [-0.2, 0) is 0 Å². The van der Waals surface area contributed by atoms with Crippen molar-refractivity contribution in [2.75, 3.05) is 0 Å². The monoisotopic (exact) mass is 237 g/mol. The number of hydrogen-bond acceptors (Lipinski definition) is 3. The van der Waals surface area contributed by atoms with Crippen LogP contribution in [0.4, 0.5) is 0 Å². The summed E-state index contributed by atoms with van der Waals surface area (Å²) >= 11 is 6.99. The van der Waals surface area contributed by atoms with Crippen molar-refractivity contribution in [1.82, 2.24) is 14.8 Å². The van der Waals surface area contributed by atoms with E-state index in [1.807, 2.05) is 0 Å². The van der Waals surface area contributed by atoms with Gasteiger partial charge in [-0.1, -0.05) is 0 Å². The Kier molecular flexibility index (Phi) is 2.03. The van der Waals surface area contributed by atoms with Crippen LogP contribution in [0.2, 0.25) is 0 Å². The number of thiophene rings is 1. The van der Waals surface area contributed by atoms with E-state index in [2.05, 4.69) is 33.1 Å². The first-order chi connectivity index (χ1) is 7.25. The van der Waals surface area contributed by atoms with Gasteiger partial charge >= 0.3 is 0 Å². The number of hydrogen-bond donors (Lipinski definition) is 1. The van der Waals surface area contributed by atoms with Crippen molar-refractivity contribution in [1.29, 1.82) is 0 Å². The van der Waals surface area contributed by atoms with Crippen LogP contribution in [0.5, 0.6) is 0 Å². The molecule has 3 rings (SSSR count). The van der Waals surface area contributed by atoms with E-state index >= 15 is 0 Å². The molecular formula is C10H11N3S2. The quantitative estimate of drug-likeness (QED) is 0.813. The van der Waals surface area contributed by atoms with Crippen LogP contribution in [0, 0.1) is 11.7 Å². The SMILES string of the molecule is Cc1cc(-c2n[nH]c(=S)n2C2CC2)cs1. The molecule has 2 aromatic rings. The number of rotatable bonds is 2. The van der Waals surface area contributed by atoms with E-state index in [9.17, 15) is 0 Å². The lowest BCUT2D eigenvalue weighted by atomic mass is 10.3. The van der Waals surface area contributed by atoms with E-state index in [-0.39, 0.29) is 0 Å². The van der Waals surface area contributed by atoms with Gasteiger partial charge in [0.05, 0.1) is 0 Å². The van der Waals surface area contributed by atoms with Gasteiger partial charge in [0.2, 0.25) is 0 Å². The summed E-state index contributed by atoms with van der Waals surface area (Å²) in [6.07, 6.45) is 2.45. The molecule has 2 aromatic heterocycles. The topological polar surface area (TPSA) is 33.6 Å². The largest absolute Gasteiger partial charge is 0.297 e. The minimum atomic E-state index is 0.575. The van der Waals surface area contributed by atoms with Crippen molar-refractivity contribution < 1.29 is 0 Å².